The van der Waals surface area contributed by atoms with E-state index in [1.54, 1.807) is 0 Å². The van der Waals surface area contributed by atoms with Crippen LogP contribution in [0.3, 0.4) is 0 Å². The van der Waals surface area contributed by atoms with Gasteiger partial charge in [0, 0.05) is 5.56 Å². The lowest BCUT2D eigenvalue weighted by atomic mass is 9.90. The molecule has 0 N–H and O–H groups in total. The van der Waals surface area contributed by atoms with Crippen LogP contribution in [-0.4, -0.2) is 6.10 Å². The molecule has 0 aliphatic carbocycles. The fourth-order valence-electron chi connectivity index (χ4n) is 3.70. The highest BCUT2D eigenvalue weighted by Crippen LogP contribution is 2.40. The first kappa shape index (κ1) is 17.1. The summed E-state index contributed by atoms with van der Waals surface area (Å²) < 4.78 is 6.35. The topological polar surface area (TPSA) is 9.23 Å². The van der Waals surface area contributed by atoms with Gasteiger partial charge in [0.15, 0.2) is 0 Å². The van der Waals surface area contributed by atoms with Crippen molar-refractivity contribution in [3.8, 4) is 5.75 Å². The third-order valence-corrected chi connectivity index (χ3v) is 5.02. The minimum atomic E-state index is 0.252. The van der Waals surface area contributed by atoms with Crippen molar-refractivity contribution < 1.29 is 4.74 Å². The van der Waals surface area contributed by atoms with Crippen LogP contribution in [0.4, 0.5) is 0 Å². The van der Waals surface area contributed by atoms with Crippen LogP contribution in [0.2, 0.25) is 0 Å². The van der Waals surface area contributed by atoms with Gasteiger partial charge in [0.25, 0.3) is 0 Å². The Morgan fingerprint density at radius 1 is 0.875 bits per heavy atom. The van der Waals surface area contributed by atoms with Gasteiger partial charge in [-0.3, -0.25) is 0 Å². The largest absolute Gasteiger partial charge is 0.486 e. The van der Waals surface area contributed by atoms with Gasteiger partial charge in [0.2, 0.25) is 0 Å². The molecule has 3 rings (SSSR count). The molecule has 0 spiro atoms. The highest BCUT2D eigenvalue weighted by Gasteiger charge is 2.22. The van der Waals surface area contributed by atoms with Gasteiger partial charge in [-0.15, -0.1) is 0 Å². The second kappa shape index (κ2) is 8.37. The van der Waals surface area contributed by atoms with Crippen LogP contribution >= 0.6 is 0 Å². The van der Waals surface area contributed by atoms with Crippen molar-refractivity contribution in [2.75, 3.05) is 0 Å². The molecule has 1 heteroatoms. The van der Waals surface area contributed by atoms with Gasteiger partial charge in [0.05, 0.1) is 0 Å². The van der Waals surface area contributed by atoms with Gasteiger partial charge >= 0.3 is 0 Å². The number of hydrogen-bond donors (Lipinski definition) is 0. The normalized spacial score (nSPS) is 16.6. The number of rotatable bonds is 8. The van der Waals surface area contributed by atoms with Crippen LogP contribution in [0.1, 0.15) is 70.8 Å². The van der Waals surface area contributed by atoms with E-state index in [-0.39, 0.29) is 6.10 Å². The van der Waals surface area contributed by atoms with Gasteiger partial charge in [-0.2, -0.15) is 0 Å². The molecule has 2 aromatic rings. The Morgan fingerprint density at radius 2 is 1.67 bits per heavy atom. The molecule has 0 amide bonds. The maximum atomic E-state index is 6.35. The summed E-state index contributed by atoms with van der Waals surface area (Å²) in [5.74, 6) is 1.09. The fourth-order valence-corrected chi connectivity index (χ4v) is 3.70. The van der Waals surface area contributed by atoms with Crippen LogP contribution in [0.5, 0.6) is 5.75 Å². The number of ether oxygens (including phenoxy) is 1. The third kappa shape index (κ3) is 3.83. The summed E-state index contributed by atoms with van der Waals surface area (Å²) in [6, 6.07) is 13.1. The molecule has 1 heterocycles. The van der Waals surface area contributed by atoms with E-state index in [4.69, 9.17) is 4.74 Å². The zero-order valence-corrected chi connectivity index (χ0v) is 15.2. The van der Waals surface area contributed by atoms with Crippen LogP contribution in [-0.2, 0) is 0 Å². The summed E-state index contributed by atoms with van der Waals surface area (Å²) in [7, 11) is 0. The van der Waals surface area contributed by atoms with Crippen molar-refractivity contribution in [1.29, 1.82) is 0 Å². The van der Waals surface area contributed by atoms with Crippen molar-refractivity contribution in [1.82, 2.24) is 0 Å². The highest BCUT2D eigenvalue weighted by atomic mass is 16.5. The minimum absolute atomic E-state index is 0.252. The van der Waals surface area contributed by atoms with E-state index in [0.29, 0.717) is 0 Å². The lowest BCUT2D eigenvalue weighted by Crippen LogP contribution is -2.19. The van der Waals surface area contributed by atoms with Gasteiger partial charge in [-0.25, -0.2) is 0 Å². The zero-order chi connectivity index (χ0) is 16.8. The first-order valence-corrected chi connectivity index (χ1v) is 9.73. The Morgan fingerprint density at radius 3 is 2.50 bits per heavy atom. The molecule has 1 nitrogen and oxygen atoms in total. The van der Waals surface area contributed by atoms with E-state index in [2.05, 4.69) is 56.3 Å². The van der Waals surface area contributed by atoms with Gasteiger partial charge < -0.3 is 4.74 Å². The van der Waals surface area contributed by atoms with Gasteiger partial charge in [0.1, 0.15) is 11.9 Å². The predicted molar refractivity (Wildman–Crippen MR) is 105 cm³/mol. The molecular formula is C23H30O. The Balaban J connectivity index is 1.92. The molecule has 1 aliphatic rings. The SMILES string of the molecule is CCCCCC1=CC(CCCCC)Oc2ccc3ccccc3c21. The number of unbranched alkanes of at least 4 members (excludes halogenated alkanes) is 4. The van der Waals surface area contributed by atoms with E-state index in [1.807, 2.05) is 0 Å². The Bertz CT molecular complexity index is 698. The average molecular weight is 322 g/mol. The first-order valence-electron chi connectivity index (χ1n) is 9.73. The first-order chi connectivity index (χ1) is 11.8. The summed E-state index contributed by atoms with van der Waals surface area (Å²) in [5, 5.41) is 2.65. The zero-order valence-electron chi connectivity index (χ0n) is 15.2. The smallest absolute Gasteiger partial charge is 0.128 e. The summed E-state index contributed by atoms with van der Waals surface area (Å²) >= 11 is 0. The summed E-state index contributed by atoms with van der Waals surface area (Å²) in [5.41, 5.74) is 2.85. The molecule has 1 atom stereocenters. The Kier molecular flexibility index (Phi) is 5.96. The number of hydrogen-bond acceptors (Lipinski definition) is 1. The van der Waals surface area contributed by atoms with Crippen LogP contribution in [0, 0.1) is 0 Å². The van der Waals surface area contributed by atoms with E-state index in [0.717, 1.165) is 12.2 Å². The van der Waals surface area contributed by atoms with Gasteiger partial charge in [-0.1, -0.05) is 69.9 Å². The maximum Gasteiger partial charge on any atom is 0.128 e. The fraction of sp³-hybridized carbons (Fsp3) is 0.478. The molecule has 24 heavy (non-hydrogen) atoms. The Hall–Kier alpha value is -1.76. The van der Waals surface area contributed by atoms with E-state index >= 15 is 0 Å². The Labute approximate surface area is 146 Å². The molecule has 128 valence electrons. The van der Waals surface area contributed by atoms with Crippen LogP contribution in [0.25, 0.3) is 16.3 Å². The molecule has 0 aromatic heterocycles. The molecule has 1 unspecified atom stereocenters. The van der Waals surface area contributed by atoms with Crippen molar-refractivity contribution in [2.24, 2.45) is 0 Å². The standard InChI is InChI=1S/C23H30O/c1-3-5-7-12-19-17-20(13-8-6-4-2)24-22-16-15-18-11-9-10-14-21(18)23(19)22/h9-11,14-17,20H,3-8,12-13H2,1-2H3. The lowest BCUT2D eigenvalue weighted by molar-refractivity contribution is 0.229. The summed E-state index contributed by atoms with van der Waals surface area (Å²) in [6.07, 6.45) is 12.6. The quantitative estimate of drug-likeness (QED) is 0.469. The van der Waals surface area contributed by atoms with Crippen LogP contribution < -0.4 is 4.74 Å². The number of allylic oxidation sites excluding steroid dienone is 1. The molecule has 0 radical (unpaired) electrons. The van der Waals surface area contributed by atoms with Gasteiger partial charge in [-0.05, 0) is 54.2 Å². The molecule has 0 saturated carbocycles. The molecule has 0 bridgehead atoms. The number of fused-ring (bicyclic) bond motifs is 3. The molecular weight excluding hydrogens is 292 g/mol. The molecule has 1 aliphatic heterocycles. The van der Waals surface area contributed by atoms with Crippen molar-refractivity contribution in [3.63, 3.8) is 0 Å². The van der Waals surface area contributed by atoms with E-state index < -0.39 is 0 Å². The number of benzene rings is 2. The average Bonchev–Trinajstić information content (AvgIpc) is 2.61. The van der Waals surface area contributed by atoms with E-state index in [1.165, 1.54) is 66.9 Å². The lowest BCUT2D eigenvalue weighted by Gasteiger charge is -2.27. The molecule has 0 fully saturated rings. The highest BCUT2D eigenvalue weighted by molar-refractivity contribution is 5.97. The third-order valence-electron chi connectivity index (χ3n) is 5.02. The van der Waals surface area contributed by atoms with Crippen molar-refractivity contribution in [2.45, 2.75) is 71.3 Å². The summed E-state index contributed by atoms with van der Waals surface area (Å²) in [4.78, 5) is 0. The molecule has 2 aromatic carbocycles. The van der Waals surface area contributed by atoms with E-state index in [9.17, 15) is 0 Å². The maximum absolute atomic E-state index is 6.35. The monoisotopic (exact) mass is 322 g/mol. The molecule has 0 saturated heterocycles. The minimum Gasteiger partial charge on any atom is -0.486 e. The second-order valence-electron chi connectivity index (χ2n) is 6.96. The van der Waals surface area contributed by atoms with Crippen molar-refractivity contribution in [3.05, 3.63) is 48.0 Å². The van der Waals surface area contributed by atoms with Crippen molar-refractivity contribution >= 4 is 16.3 Å². The second-order valence-corrected chi connectivity index (χ2v) is 6.96. The van der Waals surface area contributed by atoms with Crippen LogP contribution in [0.15, 0.2) is 42.5 Å². The summed E-state index contributed by atoms with van der Waals surface area (Å²) in [6.45, 7) is 4.53. The predicted octanol–water partition coefficient (Wildman–Crippen LogP) is 7.14.